The predicted molar refractivity (Wildman–Crippen MR) is 108 cm³/mol. The number of rotatable bonds is 5. The van der Waals surface area contributed by atoms with E-state index >= 15 is 0 Å². The van der Waals surface area contributed by atoms with E-state index in [-0.39, 0.29) is 0 Å². The van der Waals surface area contributed by atoms with Gasteiger partial charge in [0.15, 0.2) is 6.10 Å². The number of anilines is 1. The Morgan fingerprint density at radius 3 is 2.45 bits per heavy atom. The Labute approximate surface area is 168 Å². The summed E-state index contributed by atoms with van der Waals surface area (Å²) in [5, 5.41) is 16.2. The highest BCUT2D eigenvalue weighted by atomic mass is 16.5. The van der Waals surface area contributed by atoms with Gasteiger partial charge in [-0.1, -0.05) is 30.3 Å². The van der Waals surface area contributed by atoms with E-state index in [1.54, 1.807) is 42.8 Å². The van der Waals surface area contributed by atoms with Crippen molar-refractivity contribution in [3.8, 4) is 11.8 Å². The second-order valence-electron chi connectivity index (χ2n) is 6.49. The van der Waals surface area contributed by atoms with Crippen LogP contribution in [0.15, 0.2) is 54.6 Å². The number of ether oxygens (including phenoxy) is 1. The number of hydrogen-bond acceptors (Lipinski definition) is 5. The van der Waals surface area contributed by atoms with Crippen molar-refractivity contribution < 1.29 is 14.3 Å². The van der Waals surface area contributed by atoms with E-state index in [1.165, 1.54) is 6.92 Å². The first kappa shape index (κ1) is 19.8. The maximum atomic E-state index is 12.7. The first-order chi connectivity index (χ1) is 13.9. The van der Waals surface area contributed by atoms with Gasteiger partial charge in [-0.25, -0.2) is 9.48 Å². The van der Waals surface area contributed by atoms with Crippen LogP contribution in [0.25, 0.3) is 5.69 Å². The van der Waals surface area contributed by atoms with Crippen LogP contribution in [-0.2, 0) is 9.53 Å². The van der Waals surface area contributed by atoms with Gasteiger partial charge in [-0.15, -0.1) is 0 Å². The summed E-state index contributed by atoms with van der Waals surface area (Å²) < 4.78 is 7.03. The molecule has 3 aromatic rings. The third-order valence-electron chi connectivity index (χ3n) is 4.45. The van der Waals surface area contributed by atoms with Gasteiger partial charge >= 0.3 is 5.97 Å². The van der Waals surface area contributed by atoms with E-state index in [0.717, 1.165) is 5.69 Å². The van der Waals surface area contributed by atoms with Gasteiger partial charge in [0.05, 0.1) is 28.3 Å². The number of carbonyl (C=O) groups is 2. The van der Waals surface area contributed by atoms with Gasteiger partial charge in [-0.3, -0.25) is 4.79 Å². The van der Waals surface area contributed by atoms with Crippen LogP contribution in [0.2, 0.25) is 0 Å². The third kappa shape index (κ3) is 4.17. The number of esters is 1. The Morgan fingerprint density at radius 1 is 1.10 bits per heavy atom. The number of nitriles is 1. The van der Waals surface area contributed by atoms with Gasteiger partial charge < -0.3 is 10.1 Å². The van der Waals surface area contributed by atoms with Crippen molar-refractivity contribution in [3.63, 3.8) is 0 Å². The summed E-state index contributed by atoms with van der Waals surface area (Å²) in [7, 11) is 0. The Hall–Kier alpha value is -3.92. The summed E-state index contributed by atoms with van der Waals surface area (Å²) in [5.41, 5.74) is 2.99. The van der Waals surface area contributed by atoms with Gasteiger partial charge in [0, 0.05) is 0 Å². The molecular formula is C22H20N4O3. The van der Waals surface area contributed by atoms with Crippen LogP contribution in [0.3, 0.4) is 0 Å². The van der Waals surface area contributed by atoms with E-state index < -0.39 is 18.0 Å². The highest BCUT2D eigenvalue weighted by molar-refractivity contribution is 5.98. The molecule has 146 valence electrons. The maximum absolute atomic E-state index is 12.7. The monoisotopic (exact) mass is 388 g/mol. The molecule has 0 spiro atoms. The molecule has 1 N–H and O–H groups in total. The minimum atomic E-state index is -1.05. The molecule has 1 atom stereocenters. The minimum Gasteiger partial charge on any atom is -0.449 e. The lowest BCUT2D eigenvalue weighted by Gasteiger charge is -2.14. The van der Waals surface area contributed by atoms with Crippen LogP contribution in [0, 0.1) is 25.2 Å². The molecule has 0 aliphatic carbocycles. The van der Waals surface area contributed by atoms with Gasteiger partial charge in [0.25, 0.3) is 5.91 Å². The van der Waals surface area contributed by atoms with Crippen LogP contribution in [0.4, 0.5) is 5.69 Å². The average Bonchev–Trinajstić information content (AvgIpc) is 3.03. The summed E-state index contributed by atoms with van der Waals surface area (Å²) in [6.45, 7) is 4.98. The fraction of sp³-hybridized carbons (Fsp3) is 0.182. The molecule has 7 heteroatoms. The van der Waals surface area contributed by atoms with Crippen LogP contribution in [0.1, 0.15) is 34.2 Å². The van der Waals surface area contributed by atoms with Crippen molar-refractivity contribution in [1.29, 1.82) is 5.26 Å². The smallest absolute Gasteiger partial charge is 0.342 e. The Morgan fingerprint density at radius 2 is 1.76 bits per heavy atom. The molecule has 2 aromatic carbocycles. The zero-order valence-corrected chi connectivity index (χ0v) is 16.3. The van der Waals surface area contributed by atoms with Crippen molar-refractivity contribution in [2.24, 2.45) is 0 Å². The lowest BCUT2D eigenvalue weighted by Crippen LogP contribution is -2.30. The molecule has 3 rings (SSSR count). The fourth-order valence-corrected chi connectivity index (χ4v) is 2.96. The van der Waals surface area contributed by atoms with Crippen LogP contribution in [0.5, 0.6) is 0 Å². The standard InChI is InChI=1S/C22H20N4O3/c1-14-20(15(2)26(25-14)18-10-5-4-6-11-18)22(28)29-16(3)21(27)24-19-12-8-7-9-17(19)13-23/h4-12,16H,1-3H3,(H,24,27)/t16-/m0/s1. The molecule has 0 aliphatic rings. The molecule has 0 aliphatic heterocycles. The summed E-state index contributed by atoms with van der Waals surface area (Å²) in [4.78, 5) is 25.1. The zero-order chi connectivity index (χ0) is 21.0. The highest BCUT2D eigenvalue weighted by Crippen LogP contribution is 2.20. The minimum absolute atomic E-state index is 0.325. The molecule has 0 unspecified atom stereocenters. The number of aromatic nitrogens is 2. The third-order valence-corrected chi connectivity index (χ3v) is 4.45. The highest BCUT2D eigenvalue weighted by Gasteiger charge is 2.25. The quantitative estimate of drug-likeness (QED) is 0.674. The Kier molecular flexibility index (Phi) is 5.74. The number of nitrogens with one attached hydrogen (secondary N) is 1. The van der Waals surface area contributed by atoms with Crippen LogP contribution >= 0.6 is 0 Å². The topological polar surface area (TPSA) is 97.0 Å². The van der Waals surface area contributed by atoms with E-state index in [0.29, 0.717) is 28.2 Å². The van der Waals surface area contributed by atoms with Crippen molar-refractivity contribution in [1.82, 2.24) is 9.78 Å². The lowest BCUT2D eigenvalue weighted by molar-refractivity contribution is -0.123. The lowest BCUT2D eigenvalue weighted by atomic mass is 10.2. The number of benzene rings is 2. The van der Waals surface area contributed by atoms with Gasteiger partial charge in [-0.05, 0) is 45.0 Å². The van der Waals surface area contributed by atoms with E-state index in [1.807, 2.05) is 36.4 Å². The van der Waals surface area contributed by atoms with Crippen molar-refractivity contribution in [2.75, 3.05) is 5.32 Å². The molecular weight excluding hydrogens is 368 g/mol. The summed E-state index contributed by atoms with van der Waals surface area (Å²) >= 11 is 0. The normalized spacial score (nSPS) is 11.4. The Bertz CT molecular complexity index is 1100. The van der Waals surface area contributed by atoms with Crippen molar-refractivity contribution >= 4 is 17.6 Å². The van der Waals surface area contributed by atoms with Crippen LogP contribution in [-0.4, -0.2) is 27.8 Å². The van der Waals surface area contributed by atoms with Gasteiger partial charge in [-0.2, -0.15) is 10.4 Å². The first-order valence-corrected chi connectivity index (χ1v) is 9.05. The summed E-state index contributed by atoms with van der Waals surface area (Å²) in [6, 6.07) is 18.1. The van der Waals surface area contributed by atoms with Crippen molar-refractivity contribution in [3.05, 3.63) is 77.1 Å². The number of carbonyl (C=O) groups excluding carboxylic acids is 2. The van der Waals surface area contributed by atoms with E-state index in [2.05, 4.69) is 10.4 Å². The molecule has 29 heavy (non-hydrogen) atoms. The molecule has 0 saturated carbocycles. The van der Waals surface area contributed by atoms with Crippen molar-refractivity contribution in [2.45, 2.75) is 26.9 Å². The molecule has 0 saturated heterocycles. The molecule has 1 amide bonds. The molecule has 0 radical (unpaired) electrons. The number of hydrogen-bond donors (Lipinski definition) is 1. The molecule has 0 fully saturated rings. The largest absolute Gasteiger partial charge is 0.449 e. The summed E-state index contributed by atoms with van der Waals surface area (Å²) in [5.74, 6) is -1.15. The molecule has 0 bridgehead atoms. The number of aryl methyl sites for hydroxylation is 1. The number of nitrogens with zero attached hydrogens (tertiary/aromatic N) is 3. The molecule has 7 nitrogen and oxygen atoms in total. The fourth-order valence-electron chi connectivity index (χ4n) is 2.96. The van der Waals surface area contributed by atoms with E-state index in [9.17, 15) is 9.59 Å². The SMILES string of the molecule is Cc1nn(-c2ccccc2)c(C)c1C(=O)O[C@@H](C)C(=O)Nc1ccccc1C#N. The zero-order valence-electron chi connectivity index (χ0n) is 16.3. The van der Waals surface area contributed by atoms with Gasteiger partial charge in [0.1, 0.15) is 11.6 Å². The molecule has 1 aromatic heterocycles. The Balaban J connectivity index is 1.76. The maximum Gasteiger partial charge on any atom is 0.342 e. The predicted octanol–water partition coefficient (Wildman–Crippen LogP) is 3.54. The van der Waals surface area contributed by atoms with E-state index in [4.69, 9.17) is 10.00 Å². The average molecular weight is 388 g/mol. The van der Waals surface area contributed by atoms with Crippen LogP contribution < -0.4 is 5.32 Å². The number of amides is 1. The summed E-state index contributed by atoms with van der Waals surface area (Å²) in [6.07, 6.45) is -1.05. The second-order valence-corrected chi connectivity index (χ2v) is 6.49. The number of para-hydroxylation sites is 2. The molecule has 1 heterocycles. The second kappa shape index (κ2) is 8.40. The van der Waals surface area contributed by atoms with Gasteiger partial charge in [0.2, 0.25) is 0 Å². The first-order valence-electron chi connectivity index (χ1n) is 9.05.